The van der Waals surface area contributed by atoms with E-state index in [-0.39, 0.29) is 34.0 Å². The maximum absolute atomic E-state index is 4.94. The monoisotopic (exact) mass is 1220 g/mol. The molecule has 400 valence electrons. The van der Waals surface area contributed by atoms with E-state index in [1.54, 1.807) is 0 Å². The van der Waals surface area contributed by atoms with E-state index in [1.807, 2.05) is 0 Å². The first kappa shape index (κ1) is 58.6. The summed E-state index contributed by atoms with van der Waals surface area (Å²) in [6.45, 7) is 8.88. The lowest BCUT2D eigenvalue weighted by Gasteiger charge is -2.18. The van der Waals surface area contributed by atoms with Gasteiger partial charge in [0.05, 0.1) is 12.6 Å². The molecule has 82 heavy (non-hydrogen) atoms. The Balaban J connectivity index is 0.000000193. The van der Waals surface area contributed by atoms with Gasteiger partial charge in [-0.2, -0.15) is 0 Å². The summed E-state index contributed by atoms with van der Waals surface area (Å²) in [5, 5.41) is 5.19. The molecule has 0 aromatic heterocycles. The van der Waals surface area contributed by atoms with Gasteiger partial charge in [0.15, 0.2) is 36.3 Å². The molecule has 0 nitrogen and oxygen atoms in total. The molecule has 4 heteroatoms. The third-order valence-electron chi connectivity index (χ3n) is 15.2. The van der Waals surface area contributed by atoms with Crippen molar-refractivity contribution in [1.82, 2.24) is 0 Å². The molecule has 0 radical (unpaired) electrons. The van der Waals surface area contributed by atoms with E-state index in [0.29, 0.717) is 0 Å². The molecule has 0 atom stereocenters. The summed E-state index contributed by atoms with van der Waals surface area (Å²) in [5.74, 6) is 0. The van der Waals surface area contributed by atoms with Gasteiger partial charge in [-0.3, -0.25) is 0 Å². The number of hydrogen-bond donors (Lipinski definition) is 0. The highest BCUT2D eigenvalue weighted by Gasteiger charge is 2.31. The van der Waals surface area contributed by atoms with Crippen LogP contribution in [-0.2, 0) is 0 Å². The van der Waals surface area contributed by atoms with E-state index in [1.165, 1.54) is 132 Å². The van der Waals surface area contributed by atoms with E-state index in [0.717, 1.165) is 0 Å². The van der Waals surface area contributed by atoms with Crippen molar-refractivity contribution in [1.29, 1.82) is 0 Å². The molecule has 0 N–H and O–H groups in total. The second-order valence-electron chi connectivity index (χ2n) is 20.4. The molecule has 12 rings (SSSR count). The van der Waals surface area contributed by atoms with Crippen LogP contribution in [0.1, 0.15) is 22.3 Å². The normalized spacial score (nSPS) is 10.6. The number of halogens is 2. The van der Waals surface area contributed by atoms with Crippen LogP contribution in [0.15, 0.2) is 291 Å². The van der Waals surface area contributed by atoms with Gasteiger partial charge in [-0.1, -0.05) is 267 Å². The molecular weight excluding hydrogens is 1160 g/mol. The van der Waals surface area contributed by atoms with Crippen molar-refractivity contribution in [2.45, 2.75) is 27.7 Å². The van der Waals surface area contributed by atoms with Crippen LogP contribution in [0.25, 0.3) is 89.0 Å². The Morgan fingerprint density at radius 2 is 0.317 bits per heavy atom. The molecule has 0 heterocycles. The van der Waals surface area contributed by atoms with Gasteiger partial charge in [-0.05, 0) is 141 Å². The van der Waals surface area contributed by atoms with Gasteiger partial charge >= 0.3 is 0 Å². The Kier molecular flexibility index (Phi) is 19.4. The third kappa shape index (κ3) is 12.2. The minimum Gasteiger partial charge on any atom is -1.00 e. The molecule has 12 aromatic rings. The number of benzene rings is 12. The number of rotatable bonds is 12. The largest absolute Gasteiger partial charge is 1.00 e. The lowest BCUT2D eigenvalue weighted by atomic mass is 9.91. The molecule has 0 aliphatic carbocycles. The maximum atomic E-state index is 4.94. The SMILES string of the molecule is C=[P+](c1ccc(C)c(-c2ccccc2)c1-c1ccccc1)c1ccc(C)c(-c2ccccc2)c1-c1ccccc1.C=[P+](c1ccc(C)c(-c2ccccc2)c1-c1ccccc1)c1ccc(C)c(-c2ccccc2)c1-c1ccccc1.[Br-].[Br-]. The molecule has 0 aliphatic heterocycles. The standard InChI is InChI=1S/2C39H32P.2BrH/c2*1-28-24-26-34(38(32-20-12-6-13-21-32)36(28)30-16-8-4-9-17-30)40(3)35-27-25-29(2)37(31-18-10-5-11-19-31)39(35)33-22-14-7-15-23-33;;/h2*4-27H,3H2,1-2H3;2*1H/q2*+1;;/p-2. The summed E-state index contributed by atoms with van der Waals surface area (Å²) in [5.41, 5.74) is 25.3. The first-order valence-corrected chi connectivity index (χ1v) is 30.5. The average molecular weight is 1220 g/mol. The van der Waals surface area contributed by atoms with Gasteiger partial charge in [0.1, 0.15) is 0 Å². The van der Waals surface area contributed by atoms with Gasteiger partial charge in [-0.25, -0.2) is 0 Å². The highest BCUT2D eigenvalue weighted by atomic mass is 79.9. The molecule has 0 spiro atoms. The fourth-order valence-electron chi connectivity index (χ4n) is 11.4. The van der Waals surface area contributed by atoms with Crippen LogP contribution in [0.3, 0.4) is 0 Å². The molecule has 0 saturated heterocycles. The molecule has 0 saturated carbocycles. The van der Waals surface area contributed by atoms with Crippen molar-refractivity contribution >= 4 is 48.9 Å². The van der Waals surface area contributed by atoms with Gasteiger partial charge in [0, 0.05) is 22.3 Å². The van der Waals surface area contributed by atoms with E-state index in [2.05, 4.69) is 319 Å². The van der Waals surface area contributed by atoms with E-state index < -0.39 is 15.1 Å². The summed E-state index contributed by atoms with van der Waals surface area (Å²) in [7, 11) is -1.90. The van der Waals surface area contributed by atoms with Crippen molar-refractivity contribution < 1.29 is 34.0 Å². The van der Waals surface area contributed by atoms with E-state index in [4.69, 9.17) is 12.6 Å². The number of aryl methyl sites for hydroxylation is 4. The third-order valence-corrected chi connectivity index (χ3v) is 19.0. The van der Waals surface area contributed by atoms with Crippen LogP contribution in [0.2, 0.25) is 0 Å². The Hall–Kier alpha value is -8.06. The van der Waals surface area contributed by atoms with Crippen molar-refractivity contribution in [3.8, 4) is 89.0 Å². The predicted octanol–water partition coefficient (Wildman–Crippen LogP) is 13.7. The minimum atomic E-state index is -0.948. The zero-order chi connectivity index (χ0) is 55.0. The van der Waals surface area contributed by atoms with E-state index >= 15 is 0 Å². The van der Waals surface area contributed by atoms with E-state index in [9.17, 15) is 0 Å². The first-order valence-electron chi connectivity index (χ1n) is 27.5. The fraction of sp³-hybridized carbons (Fsp3) is 0.0513. The predicted molar refractivity (Wildman–Crippen MR) is 355 cm³/mol. The summed E-state index contributed by atoms with van der Waals surface area (Å²) < 4.78 is 0. The summed E-state index contributed by atoms with van der Waals surface area (Å²) in [4.78, 5) is 0. The zero-order valence-corrected chi connectivity index (χ0v) is 51.7. The second-order valence-corrected chi connectivity index (χ2v) is 24.0. The van der Waals surface area contributed by atoms with Crippen LogP contribution in [0.4, 0.5) is 0 Å². The topological polar surface area (TPSA) is 0 Å². The van der Waals surface area contributed by atoms with Crippen LogP contribution in [0, 0.1) is 27.7 Å². The Bertz CT molecular complexity index is 3590. The zero-order valence-electron chi connectivity index (χ0n) is 46.8. The lowest BCUT2D eigenvalue weighted by Crippen LogP contribution is -3.00. The van der Waals surface area contributed by atoms with Gasteiger partial charge in [0.25, 0.3) is 0 Å². The molecule has 0 amide bonds. The quantitative estimate of drug-likeness (QED) is 0.107. The fourth-order valence-corrected chi connectivity index (χ4v) is 15.0. The lowest BCUT2D eigenvalue weighted by molar-refractivity contribution is -0.00100. The van der Waals surface area contributed by atoms with Crippen molar-refractivity contribution in [3.63, 3.8) is 0 Å². The molecule has 0 aliphatic rings. The highest BCUT2D eigenvalue weighted by Crippen LogP contribution is 2.45. The van der Waals surface area contributed by atoms with Crippen LogP contribution < -0.4 is 55.2 Å². The summed E-state index contributed by atoms with van der Waals surface area (Å²) in [6.07, 6.45) is 9.89. The summed E-state index contributed by atoms with van der Waals surface area (Å²) >= 11 is 0. The Labute approximate surface area is 509 Å². The molecular formula is C78H64Br2P2. The summed E-state index contributed by atoms with van der Waals surface area (Å²) in [6, 6.07) is 105. The Morgan fingerprint density at radius 1 is 0.183 bits per heavy atom. The van der Waals surface area contributed by atoms with Crippen molar-refractivity contribution in [3.05, 3.63) is 313 Å². The molecule has 0 unspecified atom stereocenters. The van der Waals surface area contributed by atoms with Crippen LogP contribution in [-0.4, -0.2) is 12.6 Å². The number of hydrogen-bond acceptors (Lipinski definition) is 0. The van der Waals surface area contributed by atoms with Gasteiger partial charge in [-0.15, -0.1) is 0 Å². The minimum absolute atomic E-state index is 0. The smallest absolute Gasteiger partial charge is 0.163 e. The maximum Gasteiger partial charge on any atom is 0.163 e. The second kappa shape index (κ2) is 27.1. The molecule has 0 fully saturated rings. The van der Waals surface area contributed by atoms with Crippen LogP contribution >= 0.6 is 15.1 Å². The van der Waals surface area contributed by atoms with Gasteiger partial charge < -0.3 is 34.0 Å². The Morgan fingerprint density at radius 3 is 0.463 bits per heavy atom. The molecule has 0 bridgehead atoms. The van der Waals surface area contributed by atoms with Gasteiger partial charge in [0.2, 0.25) is 0 Å². The first-order chi connectivity index (χ1) is 39.3. The van der Waals surface area contributed by atoms with Crippen LogP contribution in [0.5, 0.6) is 0 Å². The average Bonchev–Trinajstić information content (AvgIpc) is 3.66. The highest BCUT2D eigenvalue weighted by molar-refractivity contribution is 7.72. The van der Waals surface area contributed by atoms with Crippen molar-refractivity contribution in [2.24, 2.45) is 0 Å². The van der Waals surface area contributed by atoms with Crippen molar-refractivity contribution in [2.75, 3.05) is 0 Å². The molecule has 12 aromatic carbocycles.